The highest BCUT2D eigenvalue weighted by atomic mass is 16.7. The van der Waals surface area contributed by atoms with Gasteiger partial charge in [-0.15, -0.1) is 0 Å². The highest BCUT2D eigenvalue weighted by Gasteiger charge is 2.60. The molecule has 232 valence electrons. The van der Waals surface area contributed by atoms with Gasteiger partial charge >= 0.3 is 5.97 Å². The lowest BCUT2D eigenvalue weighted by Crippen LogP contribution is -2.58. The number of hydrogen-bond donors (Lipinski definition) is 2. The molecule has 8 heteroatoms. The van der Waals surface area contributed by atoms with E-state index in [1.165, 1.54) is 0 Å². The van der Waals surface area contributed by atoms with Crippen LogP contribution in [0, 0.1) is 23.7 Å². The second-order valence-electron chi connectivity index (χ2n) is 13.3. The van der Waals surface area contributed by atoms with E-state index < -0.39 is 47.7 Å². The summed E-state index contributed by atoms with van der Waals surface area (Å²) in [5.41, 5.74) is 0.589. The molecule has 4 heterocycles. The molecule has 0 saturated carbocycles. The van der Waals surface area contributed by atoms with Gasteiger partial charge in [0.2, 0.25) is 0 Å². The SMILES string of the molecule is CO[C@@H]1C(C)=C[C@H]2C(=O)O[C@H]3C[C@H](C/C=C(/C)[C@H](O)[C@H](C)/C=C/C=C4/CO[C@H]1[C@]42O)O[C@@]1(C=C[C@@H](C)[C@@H](C(C)C)O1)C3. The van der Waals surface area contributed by atoms with Crippen molar-refractivity contribution in [3.8, 4) is 0 Å². The van der Waals surface area contributed by atoms with Crippen molar-refractivity contribution in [2.75, 3.05) is 13.7 Å². The molecule has 0 unspecified atom stereocenters. The Morgan fingerprint density at radius 2 is 1.83 bits per heavy atom. The predicted molar refractivity (Wildman–Crippen MR) is 158 cm³/mol. The molecule has 2 bridgehead atoms. The van der Waals surface area contributed by atoms with Crippen LogP contribution in [-0.4, -0.2) is 77.9 Å². The normalized spacial score (nSPS) is 47.6. The van der Waals surface area contributed by atoms with E-state index in [1.807, 2.05) is 45.1 Å². The largest absolute Gasteiger partial charge is 0.462 e. The zero-order valence-electron chi connectivity index (χ0n) is 26.0. The van der Waals surface area contributed by atoms with Gasteiger partial charge in [0.1, 0.15) is 29.8 Å². The second-order valence-corrected chi connectivity index (χ2v) is 13.3. The molecule has 11 atom stereocenters. The fourth-order valence-corrected chi connectivity index (χ4v) is 7.32. The molecule has 5 rings (SSSR count). The first kappa shape index (κ1) is 31.4. The Labute approximate surface area is 250 Å². The Hall–Kier alpha value is -2.07. The zero-order chi connectivity index (χ0) is 30.4. The van der Waals surface area contributed by atoms with E-state index in [4.69, 9.17) is 23.7 Å². The predicted octanol–water partition coefficient (Wildman–Crippen LogP) is 4.57. The van der Waals surface area contributed by atoms with Crippen molar-refractivity contribution in [2.24, 2.45) is 23.7 Å². The lowest BCUT2D eigenvalue weighted by Gasteiger charge is -2.48. The van der Waals surface area contributed by atoms with Crippen LogP contribution in [0.15, 0.2) is 59.3 Å². The molecule has 8 nitrogen and oxygen atoms in total. The van der Waals surface area contributed by atoms with E-state index >= 15 is 0 Å². The molecule has 4 aliphatic heterocycles. The number of carbonyl (C=O) groups is 1. The Bertz CT molecular complexity index is 1180. The summed E-state index contributed by atoms with van der Waals surface area (Å²) >= 11 is 0. The van der Waals surface area contributed by atoms with E-state index in [0.29, 0.717) is 24.8 Å². The van der Waals surface area contributed by atoms with Gasteiger partial charge in [0, 0.05) is 31.8 Å². The van der Waals surface area contributed by atoms with E-state index in [-0.39, 0.29) is 36.6 Å². The van der Waals surface area contributed by atoms with Crippen molar-refractivity contribution in [1.82, 2.24) is 0 Å². The second kappa shape index (κ2) is 12.1. The van der Waals surface area contributed by atoms with Crippen LogP contribution in [0.2, 0.25) is 0 Å². The van der Waals surface area contributed by atoms with E-state index in [0.717, 1.165) is 11.1 Å². The van der Waals surface area contributed by atoms with Crippen molar-refractivity contribution in [1.29, 1.82) is 0 Å². The summed E-state index contributed by atoms with van der Waals surface area (Å²) in [6.45, 7) is 12.3. The first-order valence-electron chi connectivity index (χ1n) is 15.4. The standard InChI is InChI=1S/C34H48O8/c1-19(2)29-22(5)13-14-33(42-29)17-26-16-25(41-33)12-11-21(4)28(35)20(3)9-8-10-24-18-39-31-30(38-7)23(6)15-27(32(36)40-26)34(24,31)37/h8-11,13-15,19-20,22,25-31,35,37H,12,16-18H2,1-7H3/b9-8+,21-11-,24-10-/t20-,22-,25+,26+,27+,28-,29-,30-,31-,33-,34+/m1/s1. The number of esters is 1. The van der Waals surface area contributed by atoms with Gasteiger partial charge in [0.05, 0.1) is 24.9 Å². The highest BCUT2D eigenvalue weighted by molar-refractivity contribution is 5.78. The Morgan fingerprint density at radius 3 is 2.55 bits per heavy atom. The highest BCUT2D eigenvalue weighted by Crippen LogP contribution is 2.47. The average molecular weight is 585 g/mol. The number of fused-ring (bicyclic) bond motifs is 2. The van der Waals surface area contributed by atoms with E-state index in [9.17, 15) is 15.0 Å². The lowest BCUT2D eigenvalue weighted by atomic mass is 9.70. The smallest absolute Gasteiger partial charge is 0.316 e. The van der Waals surface area contributed by atoms with Crippen molar-refractivity contribution in [3.05, 3.63) is 59.3 Å². The Balaban J connectivity index is 1.56. The molecule has 5 aliphatic rings. The van der Waals surface area contributed by atoms with Gasteiger partial charge in [-0.05, 0) is 49.0 Å². The minimum Gasteiger partial charge on any atom is -0.462 e. The fourth-order valence-electron chi connectivity index (χ4n) is 7.32. The summed E-state index contributed by atoms with van der Waals surface area (Å²) in [4.78, 5) is 14.0. The van der Waals surface area contributed by atoms with Crippen molar-refractivity contribution in [2.45, 2.75) is 109 Å². The number of aliphatic hydroxyl groups excluding tert-OH is 1. The first-order valence-corrected chi connectivity index (χ1v) is 15.4. The maximum atomic E-state index is 14.0. The van der Waals surface area contributed by atoms with Gasteiger partial charge in [-0.25, -0.2) is 0 Å². The summed E-state index contributed by atoms with van der Waals surface area (Å²) < 4.78 is 31.4. The minimum atomic E-state index is -1.64. The number of rotatable bonds is 2. The summed E-state index contributed by atoms with van der Waals surface area (Å²) in [5, 5.41) is 23.3. The van der Waals surface area contributed by atoms with Gasteiger partial charge in [-0.3, -0.25) is 4.79 Å². The molecule has 2 saturated heterocycles. The molecule has 0 aromatic rings. The summed E-state index contributed by atoms with van der Waals surface area (Å²) in [7, 11) is 1.58. The van der Waals surface area contributed by atoms with Crippen LogP contribution in [0.3, 0.4) is 0 Å². The number of ether oxygens (including phenoxy) is 5. The van der Waals surface area contributed by atoms with Gasteiger partial charge in [0.15, 0.2) is 5.79 Å². The minimum absolute atomic E-state index is 0.0468. The van der Waals surface area contributed by atoms with E-state index in [2.05, 4.69) is 26.8 Å². The zero-order valence-corrected chi connectivity index (χ0v) is 26.0. The number of hydrogen-bond acceptors (Lipinski definition) is 8. The maximum absolute atomic E-state index is 14.0. The molecule has 2 N–H and O–H groups in total. The van der Waals surface area contributed by atoms with Crippen LogP contribution in [0.25, 0.3) is 0 Å². The van der Waals surface area contributed by atoms with Crippen LogP contribution in [-0.2, 0) is 28.5 Å². The average Bonchev–Trinajstić information content (AvgIpc) is 3.28. The van der Waals surface area contributed by atoms with Crippen LogP contribution in [0.4, 0.5) is 0 Å². The maximum Gasteiger partial charge on any atom is 0.316 e. The molecular formula is C34H48O8. The number of allylic oxidation sites excluding steroid dienone is 2. The van der Waals surface area contributed by atoms with Crippen LogP contribution in [0.1, 0.15) is 60.8 Å². The summed E-state index contributed by atoms with van der Waals surface area (Å²) in [6, 6.07) is 0. The molecule has 0 aromatic heterocycles. The third kappa shape index (κ3) is 5.74. The monoisotopic (exact) mass is 584 g/mol. The van der Waals surface area contributed by atoms with E-state index in [1.54, 1.807) is 19.3 Å². The third-order valence-corrected chi connectivity index (χ3v) is 9.73. The number of carbonyl (C=O) groups excluding carboxylic acids is 1. The van der Waals surface area contributed by atoms with Gasteiger partial charge in [-0.1, -0.05) is 64.2 Å². The Morgan fingerprint density at radius 1 is 1.07 bits per heavy atom. The van der Waals surface area contributed by atoms with Crippen LogP contribution < -0.4 is 0 Å². The van der Waals surface area contributed by atoms with Gasteiger partial charge in [-0.2, -0.15) is 0 Å². The number of aliphatic hydroxyl groups is 2. The third-order valence-electron chi connectivity index (χ3n) is 9.73. The molecule has 1 aliphatic carbocycles. The van der Waals surface area contributed by atoms with Crippen molar-refractivity contribution in [3.63, 3.8) is 0 Å². The van der Waals surface area contributed by atoms with Crippen LogP contribution in [0.5, 0.6) is 0 Å². The molecule has 0 radical (unpaired) electrons. The molecule has 42 heavy (non-hydrogen) atoms. The lowest BCUT2D eigenvalue weighted by molar-refractivity contribution is -0.299. The van der Waals surface area contributed by atoms with Crippen LogP contribution >= 0.6 is 0 Å². The summed E-state index contributed by atoms with van der Waals surface area (Å²) in [5.74, 6) is -2.19. The first-order chi connectivity index (χ1) is 19.9. The summed E-state index contributed by atoms with van der Waals surface area (Å²) in [6.07, 6.45) is 12.0. The Kier molecular flexibility index (Phi) is 9.06. The van der Waals surface area contributed by atoms with Gasteiger partial charge < -0.3 is 33.9 Å². The molecule has 1 spiro atoms. The molecule has 0 aromatic carbocycles. The molecule has 0 amide bonds. The fraction of sp³-hybridized carbons (Fsp3) is 0.676. The van der Waals surface area contributed by atoms with Crippen molar-refractivity contribution < 1.29 is 38.7 Å². The molecule has 2 fully saturated rings. The molecular weight excluding hydrogens is 536 g/mol. The van der Waals surface area contributed by atoms with Gasteiger partial charge in [0.25, 0.3) is 0 Å². The van der Waals surface area contributed by atoms with Crippen molar-refractivity contribution >= 4 is 5.97 Å². The number of methoxy groups -OCH3 is 1. The topological polar surface area (TPSA) is 104 Å². The quantitative estimate of drug-likeness (QED) is 0.360.